The Balaban J connectivity index is 1.91. The number of esters is 1. The summed E-state index contributed by atoms with van der Waals surface area (Å²) in [6, 6.07) is 5.96. The minimum absolute atomic E-state index is 0.314. The topological polar surface area (TPSA) is 55.4 Å². The van der Waals surface area contributed by atoms with Crippen LogP contribution in [-0.4, -0.2) is 18.0 Å². The molecule has 1 atom stereocenters. The number of aryl methyl sites for hydroxylation is 2. The van der Waals surface area contributed by atoms with Gasteiger partial charge in [-0.05, 0) is 55.9 Å². The second-order valence-electron chi connectivity index (χ2n) is 5.22. The lowest BCUT2D eigenvalue weighted by Crippen LogP contribution is -2.29. The van der Waals surface area contributed by atoms with Crippen LogP contribution in [0.25, 0.3) is 0 Å². The first kappa shape index (κ1) is 15.3. The molecule has 1 aliphatic rings. The molecule has 1 aliphatic carbocycles. The molecular weight excluding hydrogens is 266 g/mol. The molecule has 1 amide bonds. The third-order valence-corrected chi connectivity index (χ3v) is 3.52. The molecule has 0 radical (unpaired) electrons. The van der Waals surface area contributed by atoms with Crippen molar-refractivity contribution in [1.29, 1.82) is 0 Å². The lowest BCUT2D eigenvalue weighted by molar-refractivity contribution is -0.148. The zero-order valence-corrected chi connectivity index (χ0v) is 12.5. The first-order valence-electron chi connectivity index (χ1n) is 7.40. The Labute approximate surface area is 125 Å². The smallest absolute Gasteiger partial charge is 0.331 e. The Morgan fingerprint density at radius 1 is 1.33 bits per heavy atom. The van der Waals surface area contributed by atoms with Gasteiger partial charge in [0.05, 0.1) is 0 Å². The molecule has 2 rings (SSSR count). The van der Waals surface area contributed by atoms with Crippen molar-refractivity contribution in [3.63, 3.8) is 0 Å². The Morgan fingerprint density at radius 2 is 2.10 bits per heavy atom. The molecule has 21 heavy (non-hydrogen) atoms. The molecule has 0 aliphatic heterocycles. The summed E-state index contributed by atoms with van der Waals surface area (Å²) >= 11 is 0. The fourth-order valence-electron chi connectivity index (χ4n) is 2.37. The van der Waals surface area contributed by atoms with Crippen molar-refractivity contribution in [2.45, 2.75) is 45.6 Å². The van der Waals surface area contributed by atoms with Crippen LogP contribution in [0.1, 0.15) is 37.8 Å². The number of allylic oxidation sites excluding steroid dienone is 1. The molecule has 0 saturated heterocycles. The van der Waals surface area contributed by atoms with Crippen LogP contribution in [-0.2, 0) is 27.2 Å². The summed E-state index contributed by atoms with van der Waals surface area (Å²) in [5.41, 5.74) is 3.41. The van der Waals surface area contributed by atoms with Crippen molar-refractivity contribution in [1.82, 2.24) is 0 Å². The van der Waals surface area contributed by atoms with E-state index in [4.69, 9.17) is 4.74 Å². The highest BCUT2D eigenvalue weighted by molar-refractivity contribution is 5.96. The maximum Gasteiger partial charge on any atom is 0.331 e. The second-order valence-corrected chi connectivity index (χ2v) is 5.22. The third-order valence-electron chi connectivity index (χ3n) is 3.52. The van der Waals surface area contributed by atoms with Gasteiger partial charge in [-0.25, -0.2) is 4.79 Å². The number of ether oxygens (including phenoxy) is 1. The zero-order chi connectivity index (χ0) is 15.2. The van der Waals surface area contributed by atoms with Crippen LogP contribution in [0, 0.1) is 0 Å². The second kappa shape index (κ2) is 7.07. The minimum Gasteiger partial charge on any atom is -0.449 e. The molecule has 0 spiro atoms. The van der Waals surface area contributed by atoms with Crippen molar-refractivity contribution in [2.75, 3.05) is 5.32 Å². The van der Waals surface area contributed by atoms with E-state index < -0.39 is 12.1 Å². The zero-order valence-electron chi connectivity index (χ0n) is 12.5. The number of carbonyl (C=O) groups is 2. The summed E-state index contributed by atoms with van der Waals surface area (Å²) in [5.74, 6) is -0.806. The van der Waals surface area contributed by atoms with Gasteiger partial charge >= 0.3 is 5.97 Å². The Bertz CT molecular complexity index is 563. The predicted octanol–water partition coefficient (Wildman–Crippen LogP) is 3.01. The molecule has 112 valence electrons. The van der Waals surface area contributed by atoms with E-state index in [-0.39, 0.29) is 5.91 Å². The van der Waals surface area contributed by atoms with E-state index in [1.54, 1.807) is 13.0 Å². The predicted molar refractivity (Wildman–Crippen MR) is 82.1 cm³/mol. The summed E-state index contributed by atoms with van der Waals surface area (Å²) in [6.45, 7) is 3.49. The molecule has 4 nitrogen and oxygen atoms in total. The van der Waals surface area contributed by atoms with E-state index in [0.717, 1.165) is 24.9 Å². The number of benzene rings is 1. The van der Waals surface area contributed by atoms with Crippen LogP contribution in [0.5, 0.6) is 0 Å². The quantitative estimate of drug-likeness (QED) is 0.669. The number of amides is 1. The first-order chi connectivity index (χ1) is 10.1. The van der Waals surface area contributed by atoms with Gasteiger partial charge in [0, 0.05) is 11.8 Å². The number of rotatable bonds is 5. The van der Waals surface area contributed by atoms with Gasteiger partial charge in [-0.3, -0.25) is 4.79 Å². The molecule has 4 heteroatoms. The van der Waals surface area contributed by atoms with Gasteiger partial charge in [0.2, 0.25) is 0 Å². The van der Waals surface area contributed by atoms with Crippen molar-refractivity contribution >= 4 is 17.6 Å². The highest BCUT2D eigenvalue weighted by Crippen LogP contribution is 2.24. The lowest BCUT2D eigenvalue weighted by Gasteiger charge is -2.13. The molecule has 0 bridgehead atoms. The Hall–Kier alpha value is -2.10. The van der Waals surface area contributed by atoms with Crippen LogP contribution < -0.4 is 5.32 Å². The van der Waals surface area contributed by atoms with E-state index in [9.17, 15) is 9.59 Å². The number of hydrogen-bond donors (Lipinski definition) is 1. The molecule has 0 heterocycles. The fourth-order valence-corrected chi connectivity index (χ4v) is 2.37. The standard InChI is InChI=1S/C17H21NO3/c1-3-4-8-16(19)21-12(2)17(20)18-15-10-9-13-6-5-7-14(13)11-15/h4,8-12H,3,5-7H2,1-2H3,(H,18,20)/b8-4+. The number of carbonyl (C=O) groups excluding carboxylic acids is 2. The van der Waals surface area contributed by atoms with E-state index in [1.807, 2.05) is 19.1 Å². The molecule has 1 aromatic rings. The van der Waals surface area contributed by atoms with Crippen LogP contribution in [0.3, 0.4) is 0 Å². The van der Waals surface area contributed by atoms with E-state index in [0.29, 0.717) is 0 Å². The van der Waals surface area contributed by atoms with Gasteiger partial charge in [-0.2, -0.15) is 0 Å². The van der Waals surface area contributed by atoms with Crippen molar-refractivity contribution in [3.8, 4) is 0 Å². The maximum atomic E-state index is 12.0. The molecule has 0 aromatic heterocycles. The highest BCUT2D eigenvalue weighted by atomic mass is 16.5. The van der Waals surface area contributed by atoms with E-state index >= 15 is 0 Å². The van der Waals surface area contributed by atoms with Crippen LogP contribution in [0.4, 0.5) is 5.69 Å². The summed E-state index contributed by atoms with van der Waals surface area (Å²) in [6.07, 6.45) is 6.33. The summed E-state index contributed by atoms with van der Waals surface area (Å²) in [4.78, 5) is 23.4. The van der Waals surface area contributed by atoms with E-state index in [2.05, 4.69) is 11.4 Å². The SMILES string of the molecule is CC/C=C/C(=O)OC(C)C(=O)Nc1ccc2c(c1)CCC2. The van der Waals surface area contributed by atoms with Gasteiger partial charge in [0.15, 0.2) is 6.10 Å². The average molecular weight is 287 g/mol. The normalized spacial score (nSPS) is 14.8. The fraction of sp³-hybridized carbons (Fsp3) is 0.412. The van der Waals surface area contributed by atoms with Gasteiger partial charge in [0.1, 0.15) is 0 Å². The number of fused-ring (bicyclic) bond motifs is 1. The number of anilines is 1. The number of hydrogen-bond acceptors (Lipinski definition) is 3. The summed E-state index contributed by atoms with van der Waals surface area (Å²) in [5, 5.41) is 2.79. The molecule has 1 N–H and O–H groups in total. The van der Waals surface area contributed by atoms with Crippen LogP contribution >= 0.6 is 0 Å². The summed E-state index contributed by atoms with van der Waals surface area (Å²) < 4.78 is 5.04. The molecule has 1 unspecified atom stereocenters. The van der Waals surface area contributed by atoms with Gasteiger partial charge in [-0.1, -0.05) is 19.1 Å². The van der Waals surface area contributed by atoms with Crippen molar-refractivity contribution in [3.05, 3.63) is 41.5 Å². The molecule has 0 fully saturated rings. The Kier molecular flexibility index (Phi) is 5.14. The van der Waals surface area contributed by atoms with Gasteiger partial charge in [0.25, 0.3) is 5.91 Å². The van der Waals surface area contributed by atoms with Gasteiger partial charge < -0.3 is 10.1 Å². The van der Waals surface area contributed by atoms with Gasteiger partial charge in [-0.15, -0.1) is 0 Å². The highest BCUT2D eigenvalue weighted by Gasteiger charge is 2.17. The average Bonchev–Trinajstić information content (AvgIpc) is 2.92. The third kappa shape index (κ3) is 4.18. The molecule has 1 aromatic carbocycles. The largest absolute Gasteiger partial charge is 0.449 e. The minimum atomic E-state index is -0.813. The maximum absolute atomic E-state index is 12.0. The monoisotopic (exact) mass is 287 g/mol. The number of nitrogens with one attached hydrogen (secondary N) is 1. The molecule has 0 saturated carbocycles. The van der Waals surface area contributed by atoms with E-state index in [1.165, 1.54) is 23.6 Å². The Morgan fingerprint density at radius 3 is 2.86 bits per heavy atom. The lowest BCUT2D eigenvalue weighted by atomic mass is 10.1. The first-order valence-corrected chi connectivity index (χ1v) is 7.40. The van der Waals surface area contributed by atoms with Crippen molar-refractivity contribution < 1.29 is 14.3 Å². The summed E-state index contributed by atoms with van der Waals surface area (Å²) in [7, 11) is 0. The molecular formula is C17H21NO3. The van der Waals surface area contributed by atoms with Crippen LogP contribution in [0.2, 0.25) is 0 Å². The van der Waals surface area contributed by atoms with Crippen molar-refractivity contribution in [2.24, 2.45) is 0 Å². The van der Waals surface area contributed by atoms with Crippen LogP contribution in [0.15, 0.2) is 30.4 Å².